The zero-order chi connectivity index (χ0) is 8.43. The minimum absolute atomic E-state index is 0.0385. The van der Waals surface area contributed by atoms with E-state index in [2.05, 4.69) is 5.10 Å². The number of aromatic nitrogens is 2. The first kappa shape index (κ1) is 7.87. The molecular weight excluding hydrogens is 142 g/mol. The number of nitrogen functional groups attached to an aromatic ring is 2. The monoisotopic (exact) mass is 155 g/mol. The lowest BCUT2D eigenvalue weighted by molar-refractivity contribution is 0.545. The zero-order valence-corrected chi connectivity index (χ0v) is 6.49. The summed E-state index contributed by atoms with van der Waals surface area (Å²) in [7, 11) is 0. The van der Waals surface area contributed by atoms with Crippen LogP contribution in [0.2, 0.25) is 0 Å². The molecule has 1 atom stereocenters. The van der Waals surface area contributed by atoms with Gasteiger partial charge >= 0.3 is 0 Å². The van der Waals surface area contributed by atoms with Crippen LogP contribution in [0.4, 0.5) is 11.5 Å². The molecule has 1 rings (SSSR count). The lowest BCUT2D eigenvalue weighted by Crippen LogP contribution is -2.23. The van der Waals surface area contributed by atoms with Gasteiger partial charge in [-0.2, -0.15) is 5.10 Å². The third kappa shape index (κ3) is 1.62. The summed E-state index contributed by atoms with van der Waals surface area (Å²) in [6.07, 6.45) is 1.53. The first-order valence-electron chi connectivity index (χ1n) is 3.43. The molecule has 1 aromatic rings. The van der Waals surface area contributed by atoms with Crippen LogP contribution < -0.4 is 17.2 Å². The summed E-state index contributed by atoms with van der Waals surface area (Å²) < 4.78 is 1.60. The highest BCUT2D eigenvalue weighted by Gasteiger charge is 2.04. The maximum Gasteiger partial charge on any atom is 0.145 e. The Kier molecular flexibility index (Phi) is 2.00. The van der Waals surface area contributed by atoms with E-state index in [0.29, 0.717) is 18.1 Å². The predicted molar refractivity (Wildman–Crippen MR) is 44.7 cm³/mol. The molecular formula is C6H13N5. The second kappa shape index (κ2) is 2.79. The smallest absolute Gasteiger partial charge is 0.145 e. The molecule has 0 fully saturated rings. The van der Waals surface area contributed by atoms with Gasteiger partial charge in [0, 0.05) is 6.04 Å². The highest BCUT2D eigenvalue weighted by Crippen LogP contribution is 2.11. The normalized spacial score (nSPS) is 13.3. The van der Waals surface area contributed by atoms with E-state index in [-0.39, 0.29) is 6.04 Å². The Hall–Kier alpha value is -1.23. The Labute approximate surface area is 65.2 Å². The molecule has 5 heteroatoms. The maximum absolute atomic E-state index is 5.57. The number of nitrogens with zero attached hydrogens (tertiary/aromatic N) is 2. The third-order valence-corrected chi connectivity index (χ3v) is 1.37. The van der Waals surface area contributed by atoms with E-state index in [4.69, 9.17) is 17.2 Å². The second-order valence-corrected chi connectivity index (χ2v) is 2.64. The van der Waals surface area contributed by atoms with Gasteiger partial charge in [0.05, 0.1) is 18.4 Å². The molecule has 11 heavy (non-hydrogen) atoms. The van der Waals surface area contributed by atoms with E-state index < -0.39 is 0 Å². The summed E-state index contributed by atoms with van der Waals surface area (Å²) in [4.78, 5) is 0. The molecule has 62 valence electrons. The van der Waals surface area contributed by atoms with Gasteiger partial charge < -0.3 is 17.2 Å². The van der Waals surface area contributed by atoms with Gasteiger partial charge in [0.2, 0.25) is 0 Å². The lowest BCUT2D eigenvalue weighted by atomic mass is 10.4. The summed E-state index contributed by atoms with van der Waals surface area (Å²) in [5, 5.41) is 3.94. The Morgan fingerprint density at radius 1 is 1.64 bits per heavy atom. The van der Waals surface area contributed by atoms with Crippen LogP contribution in [0.1, 0.15) is 6.92 Å². The van der Waals surface area contributed by atoms with E-state index in [1.54, 1.807) is 4.68 Å². The van der Waals surface area contributed by atoms with Gasteiger partial charge in [-0.25, -0.2) is 4.68 Å². The molecule has 1 aromatic heterocycles. The van der Waals surface area contributed by atoms with Crippen molar-refractivity contribution < 1.29 is 0 Å². The summed E-state index contributed by atoms with van der Waals surface area (Å²) in [5.41, 5.74) is 17.1. The van der Waals surface area contributed by atoms with Crippen LogP contribution in [0.5, 0.6) is 0 Å². The topological polar surface area (TPSA) is 95.9 Å². The highest BCUT2D eigenvalue weighted by atomic mass is 15.3. The largest absolute Gasteiger partial charge is 0.394 e. The fraction of sp³-hybridized carbons (Fsp3) is 0.500. The van der Waals surface area contributed by atoms with Gasteiger partial charge in [-0.1, -0.05) is 0 Å². The third-order valence-electron chi connectivity index (χ3n) is 1.37. The van der Waals surface area contributed by atoms with E-state index >= 15 is 0 Å². The molecule has 0 radical (unpaired) electrons. The number of hydrogen-bond acceptors (Lipinski definition) is 4. The summed E-state index contributed by atoms with van der Waals surface area (Å²) in [5.74, 6) is 0.488. The fourth-order valence-electron chi connectivity index (χ4n) is 0.828. The van der Waals surface area contributed by atoms with Crippen LogP contribution in [0.15, 0.2) is 6.20 Å². The molecule has 6 N–H and O–H groups in total. The Morgan fingerprint density at radius 3 is 2.64 bits per heavy atom. The van der Waals surface area contributed by atoms with Gasteiger partial charge in [-0.05, 0) is 6.92 Å². The minimum Gasteiger partial charge on any atom is -0.394 e. The van der Waals surface area contributed by atoms with E-state index in [1.807, 2.05) is 6.92 Å². The average Bonchev–Trinajstić information content (AvgIpc) is 2.18. The second-order valence-electron chi connectivity index (χ2n) is 2.64. The van der Waals surface area contributed by atoms with Crippen LogP contribution in [0.25, 0.3) is 0 Å². The van der Waals surface area contributed by atoms with E-state index in [9.17, 15) is 0 Å². The van der Waals surface area contributed by atoms with Crippen LogP contribution >= 0.6 is 0 Å². The van der Waals surface area contributed by atoms with Crippen molar-refractivity contribution in [1.82, 2.24) is 9.78 Å². The first-order chi connectivity index (χ1) is 5.11. The highest BCUT2D eigenvalue weighted by molar-refractivity contribution is 5.56. The molecule has 0 amide bonds. The van der Waals surface area contributed by atoms with Crippen molar-refractivity contribution in [3.8, 4) is 0 Å². The van der Waals surface area contributed by atoms with Gasteiger partial charge in [0.25, 0.3) is 0 Å². The van der Waals surface area contributed by atoms with Crippen molar-refractivity contribution in [2.45, 2.75) is 19.5 Å². The molecule has 0 spiro atoms. The van der Waals surface area contributed by atoms with Crippen LogP contribution in [0, 0.1) is 0 Å². The van der Waals surface area contributed by atoms with Crippen molar-refractivity contribution in [2.75, 3.05) is 11.5 Å². The lowest BCUT2D eigenvalue weighted by Gasteiger charge is -2.06. The predicted octanol–water partition coefficient (Wildman–Crippen LogP) is -0.605. The standard InChI is InChI=1S/C6H13N5/c1-4(7)3-11-6(9)5(8)2-10-11/h2,4H,3,7-9H2,1H3. The van der Waals surface area contributed by atoms with Gasteiger partial charge in [-0.3, -0.25) is 0 Å². The molecule has 0 saturated heterocycles. The molecule has 0 bridgehead atoms. The fourth-order valence-corrected chi connectivity index (χ4v) is 0.828. The van der Waals surface area contributed by atoms with Crippen molar-refractivity contribution >= 4 is 11.5 Å². The summed E-state index contributed by atoms with van der Waals surface area (Å²) in [6, 6.07) is 0.0385. The first-order valence-corrected chi connectivity index (χ1v) is 3.43. The maximum atomic E-state index is 5.57. The molecule has 1 heterocycles. The van der Waals surface area contributed by atoms with Crippen LogP contribution in [-0.2, 0) is 6.54 Å². The number of anilines is 2. The van der Waals surface area contributed by atoms with Crippen LogP contribution in [0.3, 0.4) is 0 Å². The minimum atomic E-state index is 0.0385. The van der Waals surface area contributed by atoms with Gasteiger partial charge in [0.15, 0.2) is 0 Å². The molecule has 0 aliphatic heterocycles. The van der Waals surface area contributed by atoms with Crippen molar-refractivity contribution in [2.24, 2.45) is 5.73 Å². The van der Waals surface area contributed by atoms with Gasteiger partial charge in [-0.15, -0.1) is 0 Å². The molecule has 0 aromatic carbocycles. The molecule has 0 aliphatic rings. The average molecular weight is 155 g/mol. The summed E-state index contributed by atoms with van der Waals surface area (Å²) in [6.45, 7) is 2.49. The molecule has 1 unspecified atom stereocenters. The zero-order valence-electron chi connectivity index (χ0n) is 6.49. The number of nitrogens with two attached hydrogens (primary N) is 3. The van der Waals surface area contributed by atoms with Crippen molar-refractivity contribution in [1.29, 1.82) is 0 Å². The van der Waals surface area contributed by atoms with E-state index in [1.165, 1.54) is 6.20 Å². The SMILES string of the molecule is CC(N)Cn1ncc(N)c1N. The van der Waals surface area contributed by atoms with Gasteiger partial charge in [0.1, 0.15) is 5.82 Å². The van der Waals surface area contributed by atoms with Crippen molar-refractivity contribution in [3.63, 3.8) is 0 Å². The number of hydrogen-bond donors (Lipinski definition) is 3. The number of rotatable bonds is 2. The van der Waals surface area contributed by atoms with E-state index in [0.717, 1.165) is 0 Å². The Balaban J connectivity index is 2.79. The quantitative estimate of drug-likeness (QED) is 0.531. The Morgan fingerprint density at radius 2 is 2.27 bits per heavy atom. The molecule has 5 nitrogen and oxygen atoms in total. The van der Waals surface area contributed by atoms with Crippen molar-refractivity contribution in [3.05, 3.63) is 6.20 Å². The summed E-state index contributed by atoms with van der Waals surface area (Å²) >= 11 is 0. The van der Waals surface area contributed by atoms with Crippen LogP contribution in [-0.4, -0.2) is 15.8 Å². The Bertz CT molecular complexity index is 239. The molecule has 0 aliphatic carbocycles. The molecule has 0 saturated carbocycles.